The predicted octanol–water partition coefficient (Wildman–Crippen LogP) is 4.15. The third-order valence-corrected chi connectivity index (χ3v) is 6.38. The van der Waals surface area contributed by atoms with Gasteiger partial charge in [0.1, 0.15) is 12.3 Å². The van der Waals surface area contributed by atoms with Crippen LogP contribution in [0.5, 0.6) is 5.75 Å². The molecule has 1 aliphatic rings. The first-order valence-corrected chi connectivity index (χ1v) is 11.5. The molecule has 7 nitrogen and oxygen atoms in total. The molecule has 1 aromatic heterocycles. The number of fused-ring (bicyclic) bond motifs is 2. The molecule has 0 bridgehead atoms. The number of ether oxygens (including phenoxy) is 2. The number of aromatic nitrogens is 1. The average Bonchev–Trinajstić information content (AvgIpc) is 3.39. The Morgan fingerprint density at radius 1 is 1.03 bits per heavy atom. The van der Waals surface area contributed by atoms with Crippen molar-refractivity contribution in [2.24, 2.45) is 0 Å². The minimum atomic E-state index is -0.427. The number of amides is 2. The maximum absolute atomic E-state index is 13.5. The third-order valence-electron chi connectivity index (χ3n) is 6.38. The molecule has 35 heavy (non-hydrogen) atoms. The van der Waals surface area contributed by atoms with Gasteiger partial charge in [-0.25, -0.2) is 0 Å². The van der Waals surface area contributed by atoms with Gasteiger partial charge in [0.05, 0.1) is 25.5 Å². The van der Waals surface area contributed by atoms with Crippen molar-refractivity contribution in [3.8, 4) is 17.0 Å². The number of nitrogens with zero attached hydrogens (tertiary/aromatic N) is 1. The summed E-state index contributed by atoms with van der Waals surface area (Å²) in [6, 6.07) is 23.0. The van der Waals surface area contributed by atoms with Crippen LogP contribution in [0.4, 0.5) is 0 Å². The molecule has 0 unspecified atom stereocenters. The van der Waals surface area contributed by atoms with Crippen molar-refractivity contribution in [1.29, 1.82) is 0 Å². The zero-order chi connectivity index (χ0) is 24.4. The van der Waals surface area contributed by atoms with Crippen molar-refractivity contribution in [2.75, 3.05) is 33.9 Å². The number of benzene rings is 3. The molecule has 0 aliphatic carbocycles. The second kappa shape index (κ2) is 9.64. The Balaban J connectivity index is 1.67. The number of rotatable bonds is 8. The molecule has 4 aromatic rings. The van der Waals surface area contributed by atoms with Crippen LogP contribution < -0.4 is 10.1 Å². The molecule has 0 fully saturated rings. The molecular weight excluding hydrogens is 442 g/mol. The number of nitrogens with one attached hydrogen (secondary N) is 2. The Kier molecular flexibility index (Phi) is 6.25. The normalized spacial score (nSPS) is 14.9. The summed E-state index contributed by atoms with van der Waals surface area (Å²) in [7, 11) is 3.22. The molecule has 2 amide bonds. The summed E-state index contributed by atoms with van der Waals surface area (Å²) in [5.41, 5.74) is 5.25. The van der Waals surface area contributed by atoms with Crippen molar-refractivity contribution in [2.45, 2.75) is 6.04 Å². The van der Waals surface area contributed by atoms with Crippen LogP contribution in [-0.4, -0.2) is 55.6 Å². The number of carbonyl (C=O) groups is 2. The van der Waals surface area contributed by atoms with E-state index in [-0.39, 0.29) is 18.4 Å². The quantitative estimate of drug-likeness (QED) is 0.380. The van der Waals surface area contributed by atoms with Gasteiger partial charge in [-0.2, -0.15) is 0 Å². The summed E-state index contributed by atoms with van der Waals surface area (Å²) >= 11 is 0. The van der Waals surface area contributed by atoms with E-state index in [1.54, 1.807) is 19.1 Å². The standard InChI is InChI=1S/C28H27N3O4/c1-34-15-14-29-24(32)17-31-27(20-10-3-4-11-21(20)28(31)33)25-22-12-5-6-13-23(22)30-26(25)18-8-7-9-19(16-18)35-2/h3-13,16,27,30H,14-15,17H2,1-2H3,(H,29,32)/t27-/m1/s1. The number of H-pyrrole nitrogens is 1. The zero-order valence-corrected chi connectivity index (χ0v) is 19.7. The van der Waals surface area contributed by atoms with Crippen LogP contribution in [0.25, 0.3) is 22.2 Å². The van der Waals surface area contributed by atoms with Gasteiger partial charge >= 0.3 is 0 Å². The summed E-state index contributed by atoms with van der Waals surface area (Å²) in [6.45, 7) is 0.738. The summed E-state index contributed by atoms with van der Waals surface area (Å²) < 4.78 is 10.5. The minimum Gasteiger partial charge on any atom is -0.497 e. The fourth-order valence-electron chi connectivity index (χ4n) is 4.80. The van der Waals surface area contributed by atoms with Crippen LogP contribution in [0.3, 0.4) is 0 Å². The minimum absolute atomic E-state index is 0.0566. The van der Waals surface area contributed by atoms with Crippen molar-refractivity contribution in [3.63, 3.8) is 0 Å². The molecular formula is C28H27N3O4. The summed E-state index contributed by atoms with van der Waals surface area (Å²) in [6.07, 6.45) is 0. The van der Waals surface area contributed by atoms with Gasteiger partial charge in [-0.05, 0) is 29.8 Å². The van der Waals surface area contributed by atoms with E-state index in [0.29, 0.717) is 18.7 Å². The van der Waals surface area contributed by atoms with Gasteiger partial charge in [0.2, 0.25) is 5.91 Å². The van der Waals surface area contributed by atoms with E-state index >= 15 is 0 Å². The SMILES string of the molecule is COCCNC(=O)CN1C(=O)c2ccccc2[C@@H]1c1c(-c2cccc(OC)c2)[nH]c2ccccc12. The summed E-state index contributed by atoms with van der Waals surface area (Å²) in [5.74, 6) is 0.356. The molecule has 5 rings (SSSR count). The van der Waals surface area contributed by atoms with E-state index in [0.717, 1.165) is 39.0 Å². The van der Waals surface area contributed by atoms with Gasteiger partial charge in [0.15, 0.2) is 0 Å². The zero-order valence-electron chi connectivity index (χ0n) is 19.7. The molecule has 7 heteroatoms. The Labute approximate surface area is 203 Å². The first-order chi connectivity index (χ1) is 17.1. The van der Waals surface area contributed by atoms with Crippen LogP contribution in [0.15, 0.2) is 72.8 Å². The smallest absolute Gasteiger partial charge is 0.255 e. The number of para-hydroxylation sites is 1. The van der Waals surface area contributed by atoms with Crippen molar-refractivity contribution in [3.05, 3.63) is 89.5 Å². The lowest BCUT2D eigenvalue weighted by atomic mass is 9.93. The van der Waals surface area contributed by atoms with E-state index in [9.17, 15) is 9.59 Å². The van der Waals surface area contributed by atoms with Crippen molar-refractivity contribution >= 4 is 22.7 Å². The van der Waals surface area contributed by atoms with Gasteiger partial charge in [-0.3, -0.25) is 9.59 Å². The molecule has 3 aromatic carbocycles. The molecule has 0 radical (unpaired) electrons. The number of carbonyl (C=O) groups excluding carboxylic acids is 2. The maximum Gasteiger partial charge on any atom is 0.255 e. The van der Waals surface area contributed by atoms with Gasteiger partial charge in [-0.1, -0.05) is 48.5 Å². The van der Waals surface area contributed by atoms with Gasteiger partial charge in [0, 0.05) is 41.2 Å². The van der Waals surface area contributed by atoms with Crippen LogP contribution in [0.2, 0.25) is 0 Å². The molecule has 2 N–H and O–H groups in total. The molecule has 2 heterocycles. The second-order valence-corrected chi connectivity index (χ2v) is 8.46. The van der Waals surface area contributed by atoms with Crippen molar-refractivity contribution < 1.29 is 19.1 Å². The Hall–Kier alpha value is -4.10. The number of aromatic amines is 1. The first kappa shape index (κ1) is 22.7. The van der Waals surface area contributed by atoms with Gasteiger partial charge in [0.25, 0.3) is 5.91 Å². The highest BCUT2D eigenvalue weighted by molar-refractivity contribution is 6.03. The van der Waals surface area contributed by atoms with Crippen LogP contribution in [-0.2, 0) is 9.53 Å². The van der Waals surface area contributed by atoms with Gasteiger partial charge in [-0.15, -0.1) is 0 Å². The summed E-state index contributed by atoms with van der Waals surface area (Å²) in [4.78, 5) is 31.6. The topological polar surface area (TPSA) is 83.7 Å². The van der Waals surface area contributed by atoms with Gasteiger partial charge < -0.3 is 24.7 Å². The highest BCUT2D eigenvalue weighted by atomic mass is 16.5. The summed E-state index contributed by atoms with van der Waals surface area (Å²) in [5, 5.41) is 3.84. The molecule has 1 atom stereocenters. The highest BCUT2D eigenvalue weighted by Gasteiger charge is 2.40. The molecule has 0 saturated carbocycles. The largest absolute Gasteiger partial charge is 0.497 e. The maximum atomic E-state index is 13.5. The Morgan fingerprint density at radius 2 is 1.83 bits per heavy atom. The second-order valence-electron chi connectivity index (χ2n) is 8.46. The Bertz CT molecular complexity index is 1390. The van der Waals surface area contributed by atoms with E-state index < -0.39 is 6.04 Å². The van der Waals surface area contributed by atoms with Crippen LogP contribution in [0, 0.1) is 0 Å². The fourth-order valence-corrected chi connectivity index (χ4v) is 4.80. The van der Waals surface area contributed by atoms with Crippen LogP contribution >= 0.6 is 0 Å². The third kappa shape index (κ3) is 4.15. The number of hydrogen-bond donors (Lipinski definition) is 2. The monoisotopic (exact) mass is 469 g/mol. The lowest BCUT2D eigenvalue weighted by molar-refractivity contribution is -0.122. The molecule has 0 spiro atoms. The fraction of sp³-hybridized carbons (Fsp3) is 0.214. The lowest BCUT2D eigenvalue weighted by Gasteiger charge is -2.26. The average molecular weight is 470 g/mol. The predicted molar refractivity (Wildman–Crippen MR) is 134 cm³/mol. The molecule has 0 saturated heterocycles. The molecule has 178 valence electrons. The van der Waals surface area contributed by atoms with E-state index in [1.807, 2.05) is 72.8 Å². The first-order valence-electron chi connectivity index (χ1n) is 11.5. The van der Waals surface area contributed by atoms with Crippen molar-refractivity contribution in [1.82, 2.24) is 15.2 Å². The van der Waals surface area contributed by atoms with E-state index in [2.05, 4.69) is 10.3 Å². The van der Waals surface area contributed by atoms with E-state index in [1.165, 1.54) is 0 Å². The number of hydrogen-bond acceptors (Lipinski definition) is 4. The van der Waals surface area contributed by atoms with E-state index in [4.69, 9.17) is 9.47 Å². The van der Waals surface area contributed by atoms with Crippen LogP contribution in [0.1, 0.15) is 27.5 Å². The highest BCUT2D eigenvalue weighted by Crippen LogP contribution is 2.45. The Morgan fingerprint density at radius 3 is 2.66 bits per heavy atom. The lowest BCUT2D eigenvalue weighted by Crippen LogP contribution is -2.40. The number of methoxy groups -OCH3 is 2. The molecule has 1 aliphatic heterocycles.